The zero-order valence-electron chi connectivity index (χ0n) is 13.9. The lowest BCUT2D eigenvalue weighted by Gasteiger charge is -2.04. The molecule has 0 fully saturated rings. The van der Waals surface area contributed by atoms with E-state index in [0.29, 0.717) is 0 Å². The highest BCUT2D eigenvalue weighted by molar-refractivity contribution is 5.97. The molecule has 2 aromatic rings. The lowest BCUT2D eigenvalue weighted by molar-refractivity contribution is -0.145. The molecular weight excluding hydrogens is 318 g/mol. The van der Waals surface area contributed by atoms with E-state index < -0.39 is 24.4 Å². The molecule has 0 bridgehead atoms. The van der Waals surface area contributed by atoms with Gasteiger partial charge in [0.15, 0.2) is 6.61 Å². The Hall–Kier alpha value is -3.21. The Labute approximate surface area is 146 Å². The molecule has 0 aliphatic rings. The summed E-state index contributed by atoms with van der Waals surface area (Å²) in [6.45, 7) is 1.47. The molecule has 0 saturated carbocycles. The normalized spacial score (nSPS) is 10.4. The van der Waals surface area contributed by atoms with Gasteiger partial charge >= 0.3 is 5.97 Å². The highest BCUT2D eigenvalue weighted by Crippen LogP contribution is 2.05. The third-order valence-corrected chi connectivity index (χ3v) is 3.32. The highest BCUT2D eigenvalue weighted by atomic mass is 16.5. The standard InChI is InChI=1S/C20H19NO4/c1-15-7-9-16(10-8-15)11-12-20(24)25-14-19(23)21-18(22)13-17-5-3-2-4-6-17/h2-12H,13-14H2,1H3,(H,21,22,23)/b12-11+. The number of carbonyl (C=O) groups excluding carboxylic acids is 3. The number of imide groups is 1. The van der Waals surface area contributed by atoms with Crippen molar-refractivity contribution in [2.45, 2.75) is 13.3 Å². The fourth-order valence-corrected chi connectivity index (χ4v) is 2.04. The second kappa shape index (κ2) is 9.17. The summed E-state index contributed by atoms with van der Waals surface area (Å²) in [7, 11) is 0. The molecule has 25 heavy (non-hydrogen) atoms. The number of ether oxygens (including phenoxy) is 1. The molecule has 2 aromatic carbocycles. The molecule has 0 aliphatic heterocycles. The van der Waals surface area contributed by atoms with E-state index in [9.17, 15) is 14.4 Å². The predicted octanol–water partition coefficient (Wildman–Crippen LogP) is 2.44. The Morgan fingerprint density at radius 1 is 0.960 bits per heavy atom. The predicted molar refractivity (Wildman–Crippen MR) is 94.5 cm³/mol. The van der Waals surface area contributed by atoms with E-state index in [1.807, 2.05) is 49.4 Å². The van der Waals surface area contributed by atoms with Crippen molar-refractivity contribution in [1.82, 2.24) is 5.32 Å². The van der Waals surface area contributed by atoms with Crippen LogP contribution in [0.15, 0.2) is 60.7 Å². The minimum atomic E-state index is -0.655. The van der Waals surface area contributed by atoms with Gasteiger partial charge in [0.05, 0.1) is 6.42 Å². The molecule has 0 spiro atoms. The molecule has 0 atom stereocenters. The first kappa shape index (κ1) is 18.1. The van der Waals surface area contributed by atoms with Crippen LogP contribution in [-0.2, 0) is 25.5 Å². The summed E-state index contributed by atoms with van der Waals surface area (Å²) in [6.07, 6.45) is 2.93. The van der Waals surface area contributed by atoms with Crippen LogP contribution in [0.2, 0.25) is 0 Å². The number of carbonyl (C=O) groups is 3. The number of rotatable bonds is 6. The van der Waals surface area contributed by atoms with Gasteiger partial charge in [-0.25, -0.2) is 4.79 Å². The maximum absolute atomic E-state index is 11.7. The van der Waals surface area contributed by atoms with Gasteiger partial charge in [0, 0.05) is 6.08 Å². The molecule has 0 aliphatic carbocycles. The Morgan fingerprint density at radius 2 is 1.64 bits per heavy atom. The van der Waals surface area contributed by atoms with Gasteiger partial charge in [0.2, 0.25) is 5.91 Å². The Morgan fingerprint density at radius 3 is 2.32 bits per heavy atom. The molecule has 128 valence electrons. The van der Waals surface area contributed by atoms with Crippen LogP contribution in [0, 0.1) is 6.92 Å². The molecule has 0 heterocycles. The fraction of sp³-hybridized carbons (Fsp3) is 0.150. The van der Waals surface area contributed by atoms with Gasteiger partial charge in [-0.05, 0) is 24.1 Å². The Balaban J connectivity index is 1.72. The number of aryl methyl sites for hydroxylation is 1. The summed E-state index contributed by atoms with van der Waals surface area (Å²) < 4.78 is 4.81. The average Bonchev–Trinajstić information content (AvgIpc) is 2.60. The first-order chi connectivity index (χ1) is 12.0. The highest BCUT2D eigenvalue weighted by Gasteiger charge is 2.10. The number of hydrogen-bond acceptors (Lipinski definition) is 4. The molecule has 0 unspecified atom stereocenters. The maximum Gasteiger partial charge on any atom is 0.331 e. The van der Waals surface area contributed by atoms with Crippen molar-refractivity contribution in [3.8, 4) is 0 Å². The lowest BCUT2D eigenvalue weighted by Crippen LogP contribution is -2.35. The topological polar surface area (TPSA) is 72.5 Å². The van der Waals surface area contributed by atoms with Gasteiger partial charge in [-0.1, -0.05) is 60.2 Å². The first-order valence-electron chi connectivity index (χ1n) is 7.81. The van der Waals surface area contributed by atoms with Gasteiger partial charge in [-0.3, -0.25) is 14.9 Å². The van der Waals surface area contributed by atoms with E-state index in [0.717, 1.165) is 16.7 Å². The summed E-state index contributed by atoms with van der Waals surface area (Å²) >= 11 is 0. The summed E-state index contributed by atoms with van der Waals surface area (Å²) in [5.74, 6) is -1.74. The van der Waals surface area contributed by atoms with Crippen molar-refractivity contribution in [1.29, 1.82) is 0 Å². The van der Waals surface area contributed by atoms with Gasteiger partial charge in [-0.2, -0.15) is 0 Å². The Kier molecular flexibility index (Phi) is 6.65. The van der Waals surface area contributed by atoms with Crippen molar-refractivity contribution in [2.24, 2.45) is 0 Å². The average molecular weight is 337 g/mol. The minimum Gasteiger partial charge on any atom is -0.452 e. The summed E-state index contributed by atoms with van der Waals surface area (Å²) in [4.78, 5) is 34.9. The van der Waals surface area contributed by atoms with Crippen LogP contribution in [0.5, 0.6) is 0 Å². The minimum absolute atomic E-state index is 0.0911. The third kappa shape index (κ3) is 6.83. The van der Waals surface area contributed by atoms with Gasteiger partial charge < -0.3 is 4.74 Å². The van der Waals surface area contributed by atoms with E-state index in [2.05, 4.69) is 5.32 Å². The molecular formula is C20H19NO4. The van der Waals surface area contributed by atoms with Crippen LogP contribution in [0.1, 0.15) is 16.7 Å². The molecule has 0 aromatic heterocycles. The van der Waals surface area contributed by atoms with E-state index in [4.69, 9.17) is 4.74 Å². The van der Waals surface area contributed by atoms with Crippen LogP contribution in [0.4, 0.5) is 0 Å². The van der Waals surface area contributed by atoms with Crippen molar-refractivity contribution >= 4 is 23.9 Å². The van der Waals surface area contributed by atoms with Crippen LogP contribution in [0.25, 0.3) is 6.08 Å². The fourth-order valence-electron chi connectivity index (χ4n) is 2.04. The van der Waals surface area contributed by atoms with Crippen molar-refractivity contribution < 1.29 is 19.1 Å². The number of amides is 2. The number of esters is 1. The number of nitrogens with one attached hydrogen (secondary N) is 1. The van der Waals surface area contributed by atoms with Crippen molar-refractivity contribution in [3.05, 3.63) is 77.4 Å². The van der Waals surface area contributed by atoms with Crippen LogP contribution < -0.4 is 5.32 Å². The van der Waals surface area contributed by atoms with Crippen molar-refractivity contribution in [2.75, 3.05) is 6.61 Å². The van der Waals surface area contributed by atoms with E-state index in [1.165, 1.54) is 6.08 Å². The zero-order valence-corrected chi connectivity index (χ0v) is 13.9. The first-order valence-corrected chi connectivity index (χ1v) is 7.81. The number of hydrogen-bond donors (Lipinski definition) is 1. The molecule has 0 saturated heterocycles. The summed E-state index contributed by atoms with van der Waals surface area (Å²) in [6, 6.07) is 16.6. The number of benzene rings is 2. The molecule has 1 N–H and O–H groups in total. The van der Waals surface area contributed by atoms with Gasteiger partial charge in [-0.15, -0.1) is 0 Å². The molecule has 0 radical (unpaired) electrons. The molecule has 2 rings (SSSR count). The van der Waals surface area contributed by atoms with Crippen LogP contribution in [0.3, 0.4) is 0 Å². The third-order valence-electron chi connectivity index (χ3n) is 3.32. The molecule has 5 nitrogen and oxygen atoms in total. The second-order valence-electron chi connectivity index (χ2n) is 5.49. The largest absolute Gasteiger partial charge is 0.452 e. The summed E-state index contributed by atoms with van der Waals surface area (Å²) in [5.41, 5.74) is 2.77. The zero-order chi connectivity index (χ0) is 18.1. The molecule has 2 amide bonds. The quantitative estimate of drug-likeness (QED) is 0.649. The second-order valence-corrected chi connectivity index (χ2v) is 5.49. The van der Waals surface area contributed by atoms with Crippen LogP contribution >= 0.6 is 0 Å². The van der Waals surface area contributed by atoms with E-state index in [1.54, 1.807) is 18.2 Å². The van der Waals surface area contributed by atoms with Gasteiger partial charge in [0.1, 0.15) is 0 Å². The SMILES string of the molecule is Cc1ccc(/C=C/C(=O)OCC(=O)NC(=O)Cc2ccccc2)cc1. The van der Waals surface area contributed by atoms with E-state index >= 15 is 0 Å². The smallest absolute Gasteiger partial charge is 0.331 e. The van der Waals surface area contributed by atoms with Gasteiger partial charge in [0.25, 0.3) is 5.91 Å². The monoisotopic (exact) mass is 337 g/mol. The van der Waals surface area contributed by atoms with Crippen LogP contribution in [-0.4, -0.2) is 24.4 Å². The van der Waals surface area contributed by atoms with Crippen molar-refractivity contribution in [3.63, 3.8) is 0 Å². The maximum atomic E-state index is 11.7. The lowest BCUT2D eigenvalue weighted by atomic mass is 10.1. The van der Waals surface area contributed by atoms with E-state index in [-0.39, 0.29) is 6.42 Å². The Bertz CT molecular complexity index is 764. The molecule has 5 heteroatoms. The summed E-state index contributed by atoms with van der Waals surface area (Å²) in [5, 5.41) is 2.18.